The molecule has 0 spiro atoms. The van der Waals surface area contributed by atoms with Gasteiger partial charge in [0.2, 0.25) is 17.7 Å². The summed E-state index contributed by atoms with van der Waals surface area (Å²) in [6.45, 7) is 18.9. The number of aryl methyl sites for hydroxylation is 2. The number of piperidine rings is 3. The molecule has 2 aromatic carbocycles. The summed E-state index contributed by atoms with van der Waals surface area (Å²) in [6.07, 6.45) is 8.39. The van der Waals surface area contributed by atoms with Crippen molar-refractivity contribution in [2.75, 3.05) is 31.1 Å². The van der Waals surface area contributed by atoms with E-state index in [9.17, 15) is 24.4 Å². The maximum Gasteiger partial charge on any atom is 0.251 e. The van der Waals surface area contributed by atoms with Crippen LogP contribution in [-0.4, -0.2) is 78.4 Å². The van der Waals surface area contributed by atoms with Gasteiger partial charge < -0.3 is 20.3 Å². The quantitative estimate of drug-likeness (QED) is 0.242. The summed E-state index contributed by atoms with van der Waals surface area (Å²) in [5, 5.41) is 18.1. The third-order valence-electron chi connectivity index (χ3n) is 15.9. The molecule has 310 valence electrons. The summed E-state index contributed by atoms with van der Waals surface area (Å²) >= 11 is 0. The van der Waals surface area contributed by atoms with Gasteiger partial charge >= 0.3 is 0 Å². The molecule has 11 nitrogen and oxygen atoms in total. The molecule has 2 bridgehead atoms. The van der Waals surface area contributed by atoms with Crippen molar-refractivity contribution >= 4 is 29.3 Å². The van der Waals surface area contributed by atoms with Gasteiger partial charge in [0, 0.05) is 53.2 Å². The molecule has 0 aromatic heterocycles. The van der Waals surface area contributed by atoms with Gasteiger partial charge in [0.25, 0.3) is 5.91 Å². The Kier molecular flexibility index (Phi) is 10.2. The van der Waals surface area contributed by atoms with E-state index in [1.54, 1.807) is 0 Å². The van der Waals surface area contributed by atoms with Gasteiger partial charge in [0.1, 0.15) is 17.9 Å². The van der Waals surface area contributed by atoms with E-state index in [1.807, 2.05) is 38.1 Å². The molecule has 4 aliphatic carbocycles. The number of carbonyl (C=O) groups excluding carboxylic acids is 4. The molecule has 4 saturated carbocycles. The molecule has 3 N–H and O–H groups in total. The van der Waals surface area contributed by atoms with Crippen molar-refractivity contribution in [2.45, 2.75) is 130 Å². The maximum absolute atomic E-state index is 13.6. The Morgan fingerprint density at radius 2 is 1.47 bits per heavy atom. The molecule has 3 saturated heterocycles. The highest BCUT2D eigenvalue weighted by atomic mass is 16.5. The van der Waals surface area contributed by atoms with Crippen LogP contribution in [0, 0.1) is 59.2 Å². The maximum atomic E-state index is 13.6. The smallest absolute Gasteiger partial charge is 0.251 e. The van der Waals surface area contributed by atoms with E-state index in [-0.39, 0.29) is 69.9 Å². The normalized spacial score (nSPS) is 31.8. The number of anilines is 1. The average Bonchev–Trinajstić information content (AvgIpc) is 3.17. The molecule has 7 fully saturated rings. The molecule has 2 atom stereocenters. The Hall–Kier alpha value is -4.43. The Morgan fingerprint density at radius 3 is 2.02 bits per heavy atom. The Bertz CT molecular complexity index is 1970. The van der Waals surface area contributed by atoms with Gasteiger partial charge in [-0.25, -0.2) is 0 Å². The number of carbonyl (C=O) groups is 4. The first-order valence-electron chi connectivity index (χ1n) is 21.7. The van der Waals surface area contributed by atoms with Crippen LogP contribution in [0.1, 0.15) is 119 Å². The lowest BCUT2D eigenvalue weighted by Crippen LogP contribution is -2.84. The molecule has 3 heterocycles. The zero-order valence-electron chi connectivity index (χ0n) is 35.5. The summed E-state index contributed by atoms with van der Waals surface area (Å²) in [5.74, 6) is 1.80. The van der Waals surface area contributed by atoms with Gasteiger partial charge in [0.15, 0.2) is 0 Å². The second-order valence-corrected chi connectivity index (χ2v) is 20.0. The van der Waals surface area contributed by atoms with E-state index in [4.69, 9.17) is 4.74 Å². The van der Waals surface area contributed by atoms with E-state index in [0.29, 0.717) is 17.5 Å². The number of nitrogens with zero attached hydrogens (tertiary/aromatic N) is 3. The van der Waals surface area contributed by atoms with Crippen LogP contribution >= 0.6 is 0 Å². The lowest BCUT2D eigenvalue weighted by Gasteiger charge is -2.78. The van der Waals surface area contributed by atoms with Crippen molar-refractivity contribution in [1.29, 1.82) is 5.26 Å². The molecule has 9 rings (SSSR count). The number of nitrogens with one attached hydrogen (secondary N) is 3. The second kappa shape index (κ2) is 14.7. The largest absolute Gasteiger partial charge is 0.489 e. The van der Waals surface area contributed by atoms with Crippen LogP contribution in [0.4, 0.5) is 5.69 Å². The van der Waals surface area contributed by atoms with Gasteiger partial charge in [-0.05, 0) is 144 Å². The first-order valence-corrected chi connectivity index (χ1v) is 21.7. The van der Waals surface area contributed by atoms with Crippen molar-refractivity contribution in [3.05, 3.63) is 58.7 Å². The van der Waals surface area contributed by atoms with E-state index in [2.05, 4.69) is 78.6 Å². The molecule has 7 aliphatic rings. The molecule has 1 unspecified atom stereocenters. The highest BCUT2D eigenvalue weighted by Crippen LogP contribution is 2.74. The third-order valence-corrected chi connectivity index (χ3v) is 15.9. The zero-order chi connectivity index (χ0) is 41.4. The SMILES string of the molecule is Cc1cc(O[C@H]2C(C)(C)[C@H](NC(=O)c3ccc(N4CCC(CC5CCN(C67CC(C(=O)NC8CCC(=O)NC8=O)(C6)[C@@H]7C)CC5)CC4)cc3)C2(C)C)cc(C)c1C#N. The molecule has 2 aromatic rings. The molecule has 0 radical (unpaired) electrons. The van der Waals surface area contributed by atoms with Crippen molar-refractivity contribution in [1.82, 2.24) is 20.9 Å². The number of nitriles is 1. The predicted octanol–water partition coefficient (Wildman–Crippen LogP) is 6.20. The Labute approximate surface area is 344 Å². The number of hydrogen-bond acceptors (Lipinski definition) is 8. The minimum Gasteiger partial charge on any atom is -0.489 e. The summed E-state index contributed by atoms with van der Waals surface area (Å²) in [4.78, 5) is 55.7. The number of benzene rings is 2. The number of ether oxygens (including phenoxy) is 1. The summed E-state index contributed by atoms with van der Waals surface area (Å²) in [7, 11) is 0. The average molecular weight is 791 g/mol. The molecule has 3 aliphatic heterocycles. The molecular formula is C47H62N6O5. The van der Waals surface area contributed by atoms with Crippen molar-refractivity contribution in [2.24, 2.45) is 34.0 Å². The van der Waals surface area contributed by atoms with Gasteiger partial charge in [0.05, 0.1) is 17.0 Å². The minimum atomic E-state index is -0.601. The molecular weight excluding hydrogens is 729 g/mol. The first-order chi connectivity index (χ1) is 27.5. The predicted molar refractivity (Wildman–Crippen MR) is 222 cm³/mol. The van der Waals surface area contributed by atoms with Crippen LogP contribution in [0.5, 0.6) is 5.75 Å². The number of hydrogen-bond donors (Lipinski definition) is 3. The summed E-state index contributed by atoms with van der Waals surface area (Å²) in [5.41, 5.74) is 3.52. The summed E-state index contributed by atoms with van der Waals surface area (Å²) < 4.78 is 6.56. The van der Waals surface area contributed by atoms with E-state index in [0.717, 1.165) is 67.7 Å². The Morgan fingerprint density at radius 1 is 0.879 bits per heavy atom. The van der Waals surface area contributed by atoms with Crippen LogP contribution in [0.25, 0.3) is 0 Å². The van der Waals surface area contributed by atoms with Crippen molar-refractivity contribution in [3.63, 3.8) is 0 Å². The van der Waals surface area contributed by atoms with Crippen LogP contribution in [0.2, 0.25) is 0 Å². The molecule has 58 heavy (non-hydrogen) atoms. The molecule has 11 heteroatoms. The van der Waals surface area contributed by atoms with Gasteiger partial charge in [-0.3, -0.25) is 29.4 Å². The lowest BCUT2D eigenvalue weighted by molar-refractivity contribution is -0.268. The minimum absolute atomic E-state index is 0.0102. The monoisotopic (exact) mass is 790 g/mol. The molecule has 4 amide bonds. The second-order valence-electron chi connectivity index (χ2n) is 20.0. The van der Waals surface area contributed by atoms with Crippen LogP contribution in [0.3, 0.4) is 0 Å². The van der Waals surface area contributed by atoms with E-state index < -0.39 is 6.04 Å². The van der Waals surface area contributed by atoms with Crippen LogP contribution in [0.15, 0.2) is 36.4 Å². The zero-order valence-corrected chi connectivity index (χ0v) is 35.5. The summed E-state index contributed by atoms with van der Waals surface area (Å²) in [6, 6.07) is 13.6. The lowest BCUT2D eigenvalue weighted by atomic mass is 9.32. The highest BCUT2D eigenvalue weighted by molar-refractivity contribution is 6.02. The van der Waals surface area contributed by atoms with E-state index >= 15 is 0 Å². The highest BCUT2D eigenvalue weighted by Gasteiger charge is 2.78. The third kappa shape index (κ3) is 6.67. The van der Waals surface area contributed by atoms with E-state index in [1.165, 1.54) is 37.8 Å². The fourth-order valence-corrected chi connectivity index (χ4v) is 12.5. The standard InChI is InChI=1S/C47H62N6O5/c1-28-22-35(23-29(2)36(28)25-48)58-42-44(4,5)41(45(42,6)7)51-39(55)33-8-10-34(11-9-33)52-18-14-31(15-19-52)24-32-16-20-53(21-17-32)47-26-46(27-47,30(47)3)43(57)49-37-12-13-38(54)50-40(37)56/h8-11,22-23,30-32,37,41-42H,12-21,24,26-27H2,1-7H3,(H,49,57)(H,51,55)(H,50,54,56)/t30-,37?,41-,42-,46?,47?/m0/s1. The number of rotatable bonds is 10. The fourth-order valence-electron chi connectivity index (χ4n) is 12.5. The van der Waals surface area contributed by atoms with Gasteiger partial charge in [-0.15, -0.1) is 0 Å². The number of imide groups is 1. The van der Waals surface area contributed by atoms with Crippen LogP contribution in [-0.2, 0) is 14.4 Å². The number of likely N-dealkylation sites (tertiary alicyclic amines) is 1. The van der Waals surface area contributed by atoms with Crippen molar-refractivity contribution in [3.8, 4) is 11.8 Å². The van der Waals surface area contributed by atoms with Gasteiger partial charge in [-0.1, -0.05) is 34.6 Å². The van der Waals surface area contributed by atoms with Gasteiger partial charge in [-0.2, -0.15) is 5.26 Å². The first kappa shape index (κ1) is 40.4. The Balaban J connectivity index is 0.765. The number of amides is 4. The topological polar surface area (TPSA) is 144 Å². The fraction of sp³-hybridized carbons (Fsp3) is 0.638. The van der Waals surface area contributed by atoms with Crippen molar-refractivity contribution < 1.29 is 23.9 Å². The van der Waals surface area contributed by atoms with Crippen LogP contribution < -0.4 is 25.6 Å².